The Bertz CT molecular complexity index is 1070. The Morgan fingerprint density at radius 1 is 0.556 bits per heavy atom. The number of hydrogen-bond donors (Lipinski definition) is 0. The van der Waals surface area contributed by atoms with E-state index >= 15 is 0 Å². The molecule has 5 rings (SSSR count). The lowest BCUT2D eigenvalue weighted by atomic mass is 9.68. The minimum atomic E-state index is -0.260. The van der Waals surface area contributed by atoms with Crippen LogP contribution in [-0.4, -0.2) is 6.66 Å². The molecule has 1 aliphatic rings. The average molecular weight is 364 g/mol. The summed E-state index contributed by atoms with van der Waals surface area (Å²) < 4.78 is 0. The highest BCUT2D eigenvalue weighted by Gasteiger charge is 2.45. The fraction of sp³-hybridized carbons (Fsp3) is 0.0769. The number of benzene rings is 4. The summed E-state index contributed by atoms with van der Waals surface area (Å²) in [5.74, 6) is 0. The van der Waals surface area contributed by atoms with Crippen molar-refractivity contribution >= 4 is 13.9 Å². The minimum Gasteiger partial charge on any atom is -0.0936 e. The number of fused-ring (bicyclic) bond motifs is 3. The molecule has 27 heavy (non-hydrogen) atoms. The first-order valence-electron chi connectivity index (χ1n) is 9.39. The van der Waals surface area contributed by atoms with Crippen molar-refractivity contribution < 1.29 is 0 Å². The molecule has 1 heteroatoms. The van der Waals surface area contributed by atoms with E-state index in [0.717, 1.165) is 8.58 Å². The van der Waals surface area contributed by atoms with Crippen LogP contribution >= 0.6 is 8.58 Å². The van der Waals surface area contributed by atoms with Crippen LogP contribution in [0.1, 0.15) is 22.3 Å². The van der Waals surface area contributed by atoms with Crippen LogP contribution in [0.3, 0.4) is 0 Å². The van der Waals surface area contributed by atoms with Gasteiger partial charge in [-0.25, -0.2) is 0 Å². The van der Waals surface area contributed by atoms with E-state index in [1.54, 1.807) is 0 Å². The zero-order chi connectivity index (χ0) is 18.3. The second-order valence-electron chi connectivity index (χ2n) is 7.04. The quantitative estimate of drug-likeness (QED) is 0.345. The molecule has 130 valence electrons. The third kappa shape index (κ3) is 2.34. The van der Waals surface area contributed by atoms with Crippen LogP contribution in [-0.2, 0) is 5.41 Å². The Morgan fingerprint density at radius 3 is 1.74 bits per heavy atom. The molecule has 0 N–H and O–H groups in total. The van der Waals surface area contributed by atoms with Crippen LogP contribution in [0.4, 0.5) is 0 Å². The molecule has 0 heterocycles. The molecule has 0 radical (unpaired) electrons. The van der Waals surface area contributed by atoms with Crippen molar-refractivity contribution in [1.82, 2.24) is 0 Å². The van der Waals surface area contributed by atoms with Crippen LogP contribution in [0.25, 0.3) is 11.1 Å². The van der Waals surface area contributed by atoms with Gasteiger partial charge in [0.25, 0.3) is 0 Å². The van der Waals surface area contributed by atoms with Gasteiger partial charge in [0.15, 0.2) is 0 Å². The molecule has 0 spiro atoms. The Balaban J connectivity index is 1.95. The van der Waals surface area contributed by atoms with E-state index in [9.17, 15) is 0 Å². The van der Waals surface area contributed by atoms with Gasteiger partial charge in [0, 0.05) is 0 Å². The largest absolute Gasteiger partial charge is 0.0936 e. The van der Waals surface area contributed by atoms with Gasteiger partial charge in [-0.05, 0) is 51.4 Å². The van der Waals surface area contributed by atoms with Crippen molar-refractivity contribution in [3.63, 3.8) is 0 Å². The van der Waals surface area contributed by atoms with Crippen molar-refractivity contribution in [2.45, 2.75) is 5.41 Å². The molecule has 0 amide bonds. The summed E-state index contributed by atoms with van der Waals surface area (Å²) in [5, 5.41) is 1.41. The molecule has 0 aromatic heterocycles. The summed E-state index contributed by atoms with van der Waals surface area (Å²) in [7, 11) is 0.792. The van der Waals surface area contributed by atoms with Crippen molar-refractivity contribution in [3.05, 3.63) is 125 Å². The van der Waals surface area contributed by atoms with Crippen molar-refractivity contribution in [2.75, 3.05) is 6.66 Å². The highest BCUT2D eigenvalue weighted by molar-refractivity contribution is 7.46. The van der Waals surface area contributed by atoms with Gasteiger partial charge in [-0.2, -0.15) is 0 Å². The number of hydrogen-bond acceptors (Lipinski definition) is 0. The molecular formula is C26H21P. The first-order valence-corrected chi connectivity index (χ1v) is 10.9. The minimum absolute atomic E-state index is 0.260. The van der Waals surface area contributed by atoms with Gasteiger partial charge in [-0.15, -0.1) is 0 Å². The van der Waals surface area contributed by atoms with E-state index in [0.29, 0.717) is 0 Å². The Hall–Kier alpha value is -2.69. The molecule has 0 saturated heterocycles. The summed E-state index contributed by atoms with van der Waals surface area (Å²) in [6.45, 7) is 2.25. The van der Waals surface area contributed by atoms with Gasteiger partial charge in [-0.3, -0.25) is 0 Å². The maximum Gasteiger partial charge on any atom is 0.0713 e. The molecule has 1 atom stereocenters. The molecule has 0 aliphatic heterocycles. The van der Waals surface area contributed by atoms with Crippen LogP contribution in [0.15, 0.2) is 103 Å². The monoisotopic (exact) mass is 364 g/mol. The van der Waals surface area contributed by atoms with Crippen LogP contribution in [0.5, 0.6) is 0 Å². The third-order valence-electron chi connectivity index (χ3n) is 5.74. The van der Waals surface area contributed by atoms with Crippen molar-refractivity contribution in [2.24, 2.45) is 0 Å². The lowest BCUT2D eigenvalue weighted by molar-refractivity contribution is 0.769. The molecule has 4 aromatic carbocycles. The molecule has 0 fully saturated rings. The highest BCUT2D eigenvalue weighted by Crippen LogP contribution is 2.55. The highest BCUT2D eigenvalue weighted by atomic mass is 31.1. The van der Waals surface area contributed by atoms with Crippen LogP contribution < -0.4 is 5.30 Å². The van der Waals surface area contributed by atoms with Crippen molar-refractivity contribution in [1.29, 1.82) is 0 Å². The molecule has 1 aliphatic carbocycles. The van der Waals surface area contributed by atoms with Gasteiger partial charge in [0.05, 0.1) is 5.41 Å². The lowest BCUT2D eigenvalue weighted by Crippen LogP contribution is -2.29. The molecule has 0 bridgehead atoms. The number of rotatable bonds is 3. The summed E-state index contributed by atoms with van der Waals surface area (Å²) in [6, 6.07) is 38.0. The smallest absolute Gasteiger partial charge is 0.0713 e. The summed E-state index contributed by atoms with van der Waals surface area (Å²) in [6.07, 6.45) is 0. The SMILES string of the molecule is CPc1cccc(C2(c3ccccc3)c3ccccc3-c3ccccc32)c1. The molecule has 4 aromatic rings. The molecular weight excluding hydrogens is 343 g/mol. The van der Waals surface area contributed by atoms with Crippen molar-refractivity contribution in [3.8, 4) is 11.1 Å². The first kappa shape index (κ1) is 16.5. The second kappa shape index (κ2) is 6.48. The van der Waals surface area contributed by atoms with E-state index in [1.807, 2.05) is 0 Å². The summed E-state index contributed by atoms with van der Waals surface area (Å²) in [5.41, 5.74) is 7.90. The maximum absolute atomic E-state index is 2.41. The van der Waals surface area contributed by atoms with Gasteiger partial charge >= 0.3 is 0 Å². The topological polar surface area (TPSA) is 0 Å². The van der Waals surface area contributed by atoms with E-state index in [1.165, 1.54) is 38.7 Å². The maximum atomic E-state index is 2.41. The normalized spacial score (nSPS) is 14.3. The zero-order valence-corrected chi connectivity index (χ0v) is 16.3. The van der Waals surface area contributed by atoms with Crippen LogP contribution in [0, 0.1) is 0 Å². The fourth-order valence-electron chi connectivity index (χ4n) is 4.62. The third-order valence-corrected chi connectivity index (χ3v) is 6.63. The predicted octanol–water partition coefficient (Wildman–Crippen LogP) is 5.98. The molecule has 1 unspecified atom stereocenters. The van der Waals surface area contributed by atoms with Gasteiger partial charge in [0.2, 0.25) is 0 Å². The van der Waals surface area contributed by atoms with E-state index < -0.39 is 0 Å². The second-order valence-corrected chi connectivity index (χ2v) is 8.12. The average Bonchev–Trinajstić information content (AvgIpc) is 3.06. The molecule has 0 nitrogen and oxygen atoms in total. The van der Waals surface area contributed by atoms with E-state index in [4.69, 9.17) is 0 Å². The van der Waals surface area contributed by atoms with Crippen LogP contribution in [0.2, 0.25) is 0 Å². The van der Waals surface area contributed by atoms with E-state index in [2.05, 4.69) is 110 Å². The van der Waals surface area contributed by atoms with E-state index in [-0.39, 0.29) is 5.41 Å². The van der Waals surface area contributed by atoms with Gasteiger partial charge in [-0.1, -0.05) is 106 Å². The van der Waals surface area contributed by atoms with Gasteiger partial charge < -0.3 is 0 Å². The zero-order valence-electron chi connectivity index (χ0n) is 15.3. The van der Waals surface area contributed by atoms with Gasteiger partial charge in [0.1, 0.15) is 0 Å². The standard InChI is InChI=1S/C26H21P/c1-27-21-13-9-12-20(18-21)26(19-10-3-2-4-11-19)24-16-7-5-14-22(24)23-15-6-8-17-25(23)26/h2-18,27H,1H3. The Kier molecular flexibility index (Phi) is 3.96. The summed E-state index contributed by atoms with van der Waals surface area (Å²) in [4.78, 5) is 0. The Labute approximate surface area is 162 Å². The first-order chi connectivity index (χ1) is 13.4. The summed E-state index contributed by atoms with van der Waals surface area (Å²) >= 11 is 0. The molecule has 0 saturated carbocycles. The lowest BCUT2D eigenvalue weighted by Gasteiger charge is -2.34. The fourth-order valence-corrected chi connectivity index (χ4v) is 5.18. The Morgan fingerprint density at radius 2 is 1.11 bits per heavy atom. The predicted molar refractivity (Wildman–Crippen MR) is 118 cm³/mol.